The predicted octanol–water partition coefficient (Wildman–Crippen LogP) is 4.92. The van der Waals surface area contributed by atoms with Crippen LogP contribution in [0.2, 0.25) is 25.7 Å². The molecule has 1 N–H and O–H groups in total. The first-order chi connectivity index (χ1) is 14.4. The molecule has 4 rings (SSSR count). The fourth-order valence-electron chi connectivity index (χ4n) is 3.71. The SMILES string of the molecule is Cc1cc(-c2cc3cnc(NC4CCOC4)cc3n2COCC[Si](C)(C)C)ccn1. The van der Waals surface area contributed by atoms with Crippen LogP contribution in [0, 0.1) is 6.92 Å². The van der Waals surface area contributed by atoms with Gasteiger partial charge < -0.3 is 19.4 Å². The third-order valence-corrected chi connectivity index (χ3v) is 7.18. The molecule has 3 aromatic heterocycles. The van der Waals surface area contributed by atoms with E-state index >= 15 is 0 Å². The Morgan fingerprint density at radius 1 is 1.23 bits per heavy atom. The molecule has 1 unspecified atom stereocenters. The lowest BCUT2D eigenvalue weighted by atomic mass is 10.1. The van der Waals surface area contributed by atoms with Gasteiger partial charge in [-0.25, -0.2) is 4.98 Å². The number of hydrogen-bond donors (Lipinski definition) is 1. The standard InChI is InChI=1S/C23H32N4O2Si/c1-17-11-18(5-7-24-17)21-12-19-14-25-23(26-20-6-8-28-15-20)13-22(19)27(21)16-29-9-10-30(2,3)4/h5,7,11-14,20H,6,8-10,15-16H2,1-4H3,(H,25,26). The number of aryl methyl sites for hydroxylation is 1. The van der Waals surface area contributed by atoms with E-state index in [1.165, 1.54) is 0 Å². The van der Waals surface area contributed by atoms with Gasteiger partial charge in [0.05, 0.1) is 23.9 Å². The highest BCUT2D eigenvalue weighted by Gasteiger charge is 2.18. The number of anilines is 1. The summed E-state index contributed by atoms with van der Waals surface area (Å²) in [6.45, 7) is 12.0. The average molecular weight is 425 g/mol. The van der Waals surface area contributed by atoms with Crippen LogP contribution in [0.15, 0.2) is 36.7 Å². The van der Waals surface area contributed by atoms with E-state index in [0.29, 0.717) is 12.8 Å². The zero-order chi connectivity index (χ0) is 21.1. The quantitative estimate of drug-likeness (QED) is 0.411. The van der Waals surface area contributed by atoms with Gasteiger partial charge in [-0.2, -0.15) is 0 Å². The monoisotopic (exact) mass is 424 g/mol. The van der Waals surface area contributed by atoms with Crippen LogP contribution in [-0.2, 0) is 16.2 Å². The molecule has 1 aliphatic rings. The Balaban J connectivity index is 1.65. The lowest BCUT2D eigenvalue weighted by molar-refractivity contribution is 0.0913. The molecule has 4 heterocycles. The van der Waals surface area contributed by atoms with E-state index in [4.69, 9.17) is 9.47 Å². The normalized spacial score (nSPS) is 17.0. The molecule has 7 heteroatoms. The van der Waals surface area contributed by atoms with Crippen LogP contribution in [0.25, 0.3) is 22.2 Å². The van der Waals surface area contributed by atoms with Crippen LogP contribution >= 0.6 is 0 Å². The van der Waals surface area contributed by atoms with E-state index in [1.54, 1.807) is 0 Å². The molecule has 3 aromatic rings. The van der Waals surface area contributed by atoms with E-state index in [0.717, 1.165) is 66.0 Å². The van der Waals surface area contributed by atoms with Gasteiger partial charge in [-0.05, 0) is 37.6 Å². The van der Waals surface area contributed by atoms with Gasteiger partial charge >= 0.3 is 0 Å². The van der Waals surface area contributed by atoms with Crippen molar-refractivity contribution in [3.63, 3.8) is 0 Å². The Morgan fingerprint density at radius 3 is 2.83 bits per heavy atom. The van der Waals surface area contributed by atoms with Gasteiger partial charge in [0.2, 0.25) is 0 Å². The summed E-state index contributed by atoms with van der Waals surface area (Å²) in [4.78, 5) is 8.99. The molecule has 6 nitrogen and oxygen atoms in total. The van der Waals surface area contributed by atoms with Crippen LogP contribution in [0.4, 0.5) is 5.82 Å². The van der Waals surface area contributed by atoms with E-state index < -0.39 is 8.07 Å². The lowest BCUT2D eigenvalue weighted by Crippen LogP contribution is -2.22. The lowest BCUT2D eigenvalue weighted by Gasteiger charge is -2.17. The summed E-state index contributed by atoms with van der Waals surface area (Å²) < 4.78 is 13.9. The number of nitrogens with one attached hydrogen (secondary N) is 1. The molecular weight excluding hydrogens is 392 g/mol. The molecule has 0 aromatic carbocycles. The summed E-state index contributed by atoms with van der Waals surface area (Å²) in [5.74, 6) is 0.886. The van der Waals surface area contributed by atoms with Gasteiger partial charge in [0.15, 0.2) is 0 Å². The Hall–Kier alpha value is -2.22. The molecule has 0 spiro atoms. The second kappa shape index (κ2) is 8.87. The smallest absolute Gasteiger partial charge is 0.128 e. The van der Waals surface area contributed by atoms with Gasteiger partial charge in [0.25, 0.3) is 0 Å². The number of fused-ring (bicyclic) bond motifs is 1. The van der Waals surface area contributed by atoms with Gasteiger partial charge in [0.1, 0.15) is 12.5 Å². The topological polar surface area (TPSA) is 61.2 Å². The molecule has 0 aliphatic carbocycles. The molecular formula is C23H32N4O2Si. The minimum Gasteiger partial charge on any atom is -0.379 e. The third kappa shape index (κ3) is 5.09. The molecule has 1 saturated heterocycles. The highest BCUT2D eigenvalue weighted by molar-refractivity contribution is 6.76. The first-order valence-electron chi connectivity index (χ1n) is 10.7. The maximum Gasteiger partial charge on any atom is 0.128 e. The Labute approximate surface area is 179 Å². The summed E-state index contributed by atoms with van der Waals surface area (Å²) in [5, 5.41) is 4.62. The van der Waals surface area contributed by atoms with Crippen molar-refractivity contribution in [2.75, 3.05) is 25.1 Å². The molecule has 0 saturated carbocycles. The Morgan fingerprint density at radius 2 is 2.10 bits per heavy atom. The fraction of sp³-hybridized carbons (Fsp3) is 0.478. The summed E-state index contributed by atoms with van der Waals surface area (Å²) in [6, 6.07) is 9.99. The second-order valence-electron chi connectivity index (χ2n) is 9.32. The van der Waals surface area contributed by atoms with E-state index in [2.05, 4.69) is 63.8 Å². The summed E-state index contributed by atoms with van der Waals surface area (Å²) in [6.07, 6.45) is 4.83. The molecule has 0 bridgehead atoms. The van der Waals surface area contributed by atoms with Crippen molar-refractivity contribution >= 4 is 24.8 Å². The van der Waals surface area contributed by atoms with Crippen molar-refractivity contribution in [1.82, 2.24) is 14.5 Å². The molecule has 1 atom stereocenters. The maximum absolute atomic E-state index is 6.15. The number of rotatable bonds is 8. The summed E-state index contributed by atoms with van der Waals surface area (Å²) >= 11 is 0. The number of pyridine rings is 2. The minimum absolute atomic E-state index is 0.327. The summed E-state index contributed by atoms with van der Waals surface area (Å²) in [5.41, 5.74) is 4.41. The van der Waals surface area contributed by atoms with Crippen molar-refractivity contribution in [3.05, 3.63) is 42.4 Å². The maximum atomic E-state index is 6.15. The number of ether oxygens (including phenoxy) is 2. The Kier molecular flexibility index (Phi) is 6.22. The molecule has 1 fully saturated rings. The van der Waals surface area contributed by atoms with E-state index in [1.807, 2.05) is 19.3 Å². The van der Waals surface area contributed by atoms with E-state index in [9.17, 15) is 0 Å². The zero-order valence-corrected chi connectivity index (χ0v) is 19.4. The number of aromatic nitrogens is 3. The van der Waals surface area contributed by atoms with Gasteiger partial charge in [-0.15, -0.1) is 0 Å². The first-order valence-corrected chi connectivity index (χ1v) is 14.4. The van der Waals surface area contributed by atoms with Crippen LogP contribution < -0.4 is 5.32 Å². The number of hydrogen-bond acceptors (Lipinski definition) is 5. The highest BCUT2D eigenvalue weighted by Crippen LogP contribution is 2.30. The van der Waals surface area contributed by atoms with Crippen molar-refractivity contribution in [3.8, 4) is 11.3 Å². The van der Waals surface area contributed by atoms with Crippen molar-refractivity contribution in [2.45, 2.75) is 51.8 Å². The van der Waals surface area contributed by atoms with Crippen LogP contribution in [0.1, 0.15) is 12.1 Å². The van der Waals surface area contributed by atoms with E-state index in [-0.39, 0.29) is 0 Å². The Bertz CT molecular complexity index is 1010. The zero-order valence-electron chi connectivity index (χ0n) is 18.4. The van der Waals surface area contributed by atoms with Crippen molar-refractivity contribution in [1.29, 1.82) is 0 Å². The third-order valence-electron chi connectivity index (χ3n) is 5.48. The molecule has 0 amide bonds. The average Bonchev–Trinajstić information content (AvgIpc) is 3.32. The van der Waals surface area contributed by atoms with Crippen LogP contribution in [0.5, 0.6) is 0 Å². The largest absolute Gasteiger partial charge is 0.379 e. The van der Waals surface area contributed by atoms with Crippen LogP contribution in [0.3, 0.4) is 0 Å². The highest BCUT2D eigenvalue weighted by atomic mass is 28.3. The van der Waals surface area contributed by atoms with Gasteiger partial charge in [0, 0.05) is 56.4 Å². The van der Waals surface area contributed by atoms with Crippen LogP contribution in [-0.4, -0.2) is 48.5 Å². The van der Waals surface area contributed by atoms with Gasteiger partial charge in [-0.1, -0.05) is 19.6 Å². The number of nitrogens with zero attached hydrogens (tertiary/aromatic N) is 3. The van der Waals surface area contributed by atoms with Crippen molar-refractivity contribution < 1.29 is 9.47 Å². The van der Waals surface area contributed by atoms with Gasteiger partial charge in [-0.3, -0.25) is 4.98 Å². The fourth-order valence-corrected chi connectivity index (χ4v) is 4.47. The first kappa shape index (κ1) is 21.0. The molecule has 160 valence electrons. The molecule has 30 heavy (non-hydrogen) atoms. The summed E-state index contributed by atoms with van der Waals surface area (Å²) in [7, 11) is -1.12. The van der Waals surface area contributed by atoms with Crippen molar-refractivity contribution in [2.24, 2.45) is 0 Å². The second-order valence-corrected chi connectivity index (χ2v) is 14.9. The minimum atomic E-state index is -1.12. The predicted molar refractivity (Wildman–Crippen MR) is 125 cm³/mol. The molecule has 0 radical (unpaired) electrons. The molecule has 1 aliphatic heterocycles.